The highest BCUT2D eigenvalue weighted by atomic mass is 35.5. The summed E-state index contributed by atoms with van der Waals surface area (Å²) in [6.07, 6.45) is 1.71. The molecule has 2 aromatic carbocycles. The van der Waals surface area contributed by atoms with E-state index in [2.05, 4.69) is 17.3 Å². The predicted molar refractivity (Wildman–Crippen MR) is 108 cm³/mol. The summed E-state index contributed by atoms with van der Waals surface area (Å²) in [5, 5.41) is 3.48. The van der Waals surface area contributed by atoms with Gasteiger partial charge in [0.15, 0.2) is 6.10 Å². The summed E-state index contributed by atoms with van der Waals surface area (Å²) in [6, 6.07) is 14.4. The average molecular weight is 389 g/mol. The van der Waals surface area contributed by atoms with E-state index in [0.29, 0.717) is 16.5 Å². The van der Waals surface area contributed by atoms with Crippen molar-refractivity contribution >= 4 is 23.2 Å². The van der Waals surface area contributed by atoms with Crippen LogP contribution >= 0.6 is 11.6 Å². The first-order valence-corrected chi connectivity index (χ1v) is 9.56. The van der Waals surface area contributed by atoms with E-state index < -0.39 is 6.10 Å². The lowest BCUT2D eigenvalue weighted by molar-refractivity contribution is -0.122. The van der Waals surface area contributed by atoms with Crippen molar-refractivity contribution in [2.45, 2.75) is 32.0 Å². The number of carbonyl (C=O) groups is 1. The zero-order chi connectivity index (χ0) is 19.2. The van der Waals surface area contributed by atoms with Crippen molar-refractivity contribution < 1.29 is 14.3 Å². The fourth-order valence-corrected chi connectivity index (χ4v) is 3.05. The quantitative estimate of drug-likeness (QED) is 0.805. The van der Waals surface area contributed by atoms with Crippen LogP contribution in [0.2, 0.25) is 5.02 Å². The lowest BCUT2D eigenvalue weighted by Crippen LogP contribution is -2.35. The Morgan fingerprint density at radius 2 is 1.67 bits per heavy atom. The number of amides is 1. The van der Waals surface area contributed by atoms with E-state index >= 15 is 0 Å². The molecule has 1 saturated heterocycles. The number of anilines is 1. The standard InChI is InChI=1S/C21H25ClN2O3/c1-15(26-18-7-3-16(22)4-8-18)21(25)23-17-5-9-19(10-6-17)27-20-11-13-24(2)14-12-20/h3-10,15,20H,11-14H2,1-2H3,(H,23,25)/t15-/m0/s1. The third kappa shape index (κ3) is 5.88. The molecule has 2 aromatic rings. The maximum absolute atomic E-state index is 12.3. The van der Waals surface area contributed by atoms with Crippen molar-refractivity contribution in [3.63, 3.8) is 0 Å². The molecule has 1 aliphatic heterocycles. The first kappa shape index (κ1) is 19.5. The zero-order valence-corrected chi connectivity index (χ0v) is 16.4. The number of likely N-dealkylation sites (tertiary alicyclic amines) is 1. The Morgan fingerprint density at radius 1 is 1.07 bits per heavy atom. The SMILES string of the molecule is C[C@H](Oc1ccc(Cl)cc1)C(=O)Nc1ccc(OC2CCN(C)CC2)cc1. The lowest BCUT2D eigenvalue weighted by Gasteiger charge is -2.29. The van der Waals surface area contributed by atoms with Gasteiger partial charge in [0.2, 0.25) is 0 Å². The van der Waals surface area contributed by atoms with Crippen molar-refractivity contribution in [2.24, 2.45) is 0 Å². The summed E-state index contributed by atoms with van der Waals surface area (Å²) >= 11 is 5.85. The Kier molecular flexibility index (Phi) is 6.58. The van der Waals surface area contributed by atoms with Crippen molar-refractivity contribution in [2.75, 3.05) is 25.5 Å². The Labute approximate surface area is 165 Å². The van der Waals surface area contributed by atoms with E-state index in [1.165, 1.54) is 0 Å². The molecule has 1 N–H and O–H groups in total. The molecule has 27 heavy (non-hydrogen) atoms. The number of rotatable bonds is 6. The first-order valence-electron chi connectivity index (χ1n) is 9.18. The molecule has 0 bridgehead atoms. The summed E-state index contributed by atoms with van der Waals surface area (Å²) in [5.74, 6) is 1.21. The van der Waals surface area contributed by atoms with Gasteiger partial charge in [-0.1, -0.05) is 11.6 Å². The number of nitrogens with one attached hydrogen (secondary N) is 1. The number of carbonyl (C=O) groups excluding carboxylic acids is 1. The largest absolute Gasteiger partial charge is 0.490 e. The number of halogens is 1. The molecule has 3 rings (SSSR count). The van der Waals surface area contributed by atoms with Crippen LogP contribution in [-0.2, 0) is 4.79 Å². The van der Waals surface area contributed by atoms with Crippen molar-refractivity contribution in [1.82, 2.24) is 4.90 Å². The van der Waals surface area contributed by atoms with Crippen LogP contribution in [0.25, 0.3) is 0 Å². The minimum Gasteiger partial charge on any atom is -0.490 e. The summed E-state index contributed by atoms with van der Waals surface area (Å²) < 4.78 is 11.7. The number of nitrogens with zero attached hydrogens (tertiary/aromatic N) is 1. The Morgan fingerprint density at radius 3 is 2.30 bits per heavy atom. The highest BCUT2D eigenvalue weighted by molar-refractivity contribution is 6.30. The van der Waals surface area contributed by atoms with Crippen LogP contribution < -0.4 is 14.8 Å². The third-order valence-electron chi connectivity index (χ3n) is 4.59. The van der Waals surface area contributed by atoms with Gasteiger partial charge in [0.05, 0.1) is 0 Å². The third-order valence-corrected chi connectivity index (χ3v) is 4.84. The molecule has 144 valence electrons. The van der Waals surface area contributed by atoms with Gasteiger partial charge in [-0.2, -0.15) is 0 Å². The molecule has 0 saturated carbocycles. The molecule has 1 aliphatic rings. The van der Waals surface area contributed by atoms with Gasteiger partial charge in [-0.3, -0.25) is 4.79 Å². The van der Waals surface area contributed by atoms with Gasteiger partial charge in [-0.05, 0) is 75.3 Å². The summed E-state index contributed by atoms with van der Waals surface area (Å²) in [6.45, 7) is 3.83. The number of hydrogen-bond donors (Lipinski definition) is 1. The van der Waals surface area contributed by atoms with Crippen molar-refractivity contribution in [3.8, 4) is 11.5 Å². The normalized spacial score (nSPS) is 16.6. The van der Waals surface area contributed by atoms with E-state index in [4.69, 9.17) is 21.1 Å². The fraction of sp³-hybridized carbons (Fsp3) is 0.381. The molecule has 0 radical (unpaired) electrons. The predicted octanol–water partition coefficient (Wildman–Crippen LogP) is 4.22. The summed E-state index contributed by atoms with van der Waals surface area (Å²) in [5.41, 5.74) is 0.710. The topological polar surface area (TPSA) is 50.8 Å². The van der Waals surface area contributed by atoms with Gasteiger partial charge in [0, 0.05) is 23.8 Å². The monoisotopic (exact) mass is 388 g/mol. The molecule has 1 atom stereocenters. The lowest BCUT2D eigenvalue weighted by atomic mass is 10.1. The number of ether oxygens (including phenoxy) is 2. The van der Waals surface area contributed by atoms with Crippen LogP contribution in [0, 0.1) is 0 Å². The summed E-state index contributed by atoms with van der Waals surface area (Å²) in [4.78, 5) is 14.6. The van der Waals surface area contributed by atoms with Crippen LogP contribution in [0.4, 0.5) is 5.69 Å². The molecule has 0 aliphatic carbocycles. The smallest absolute Gasteiger partial charge is 0.265 e. The van der Waals surface area contributed by atoms with Crippen molar-refractivity contribution in [1.29, 1.82) is 0 Å². The molecular formula is C21H25ClN2O3. The van der Waals surface area contributed by atoms with Gasteiger partial charge < -0.3 is 19.7 Å². The Hall–Kier alpha value is -2.24. The second-order valence-electron chi connectivity index (χ2n) is 6.85. The highest BCUT2D eigenvalue weighted by Crippen LogP contribution is 2.21. The molecule has 0 unspecified atom stereocenters. The molecular weight excluding hydrogens is 364 g/mol. The van der Waals surface area contributed by atoms with Crippen LogP contribution in [-0.4, -0.2) is 43.2 Å². The van der Waals surface area contributed by atoms with Gasteiger partial charge in [0.1, 0.15) is 17.6 Å². The second kappa shape index (κ2) is 9.11. The Bertz CT molecular complexity index is 741. The number of benzene rings is 2. The molecule has 0 spiro atoms. The highest BCUT2D eigenvalue weighted by Gasteiger charge is 2.18. The Balaban J connectivity index is 1.49. The van der Waals surface area contributed by atoms with Crippen LogP contribution in [0.15, 0.2) is 48.5 Å². The summed E-state index contributed by atoms with van der Waals surface area (Å²) in [7, 11) is 2.13. The molecule has 1 heterocycles. The molecule has 0 aromatic heterocycles. The minimum atomic E-state index is -0.624. The maximum Gasteiger partial charge on any atom is 0.265 e. The van der Waals surface area contributed by atoms with E-state index in [1.807, 2.05) is 24.3 Å². The van der Waals surface area contributed by atoms with Gasteiger partial charge >= 0.3 is 0 Å². The van der Waals surface area contributed by atoms with Crippen LogP contribution in [0.5, 0.6) is 11.5 Å². The van der Waals surface area contributed by atoms with E-state index in [-0.39, 0.29) is 12.0 Å². The minimum absolute atomic E-state index is 0.214. The average Bonchev–Trinajstić information content (AvgIpc) is 2.67. The maximum atomic E-state index is 12.3. The van der Waals surface area contributed by atoms with Crippen LogP contribution in [0.1, 0.15) is 19.8 Å². The van der Waals surface area contributed by atoms with Gasteiger partial charge in [-0.15, -0.1) is 0 Å². The van der Waals surface area contributed by atoms with Crippen molar-refractivity contribution in [3.05, 3.63) is 53.6 Å². The van der Waals surface area contributed by atoms with E-state index in [1.54, 1.807) is 31.2 Å². The first-order chi connectivity index (χ1) is 13.0. The molecule has 1 amide bonds. The van der Waals surface area contributed by atoms with Gasteiger partial charge in [0.25, 0.3) is 5.91 Å². The molecule has 1 fully saturated rings. The van der Waals surface area contributed by atoms with E-state index in [9.17, 15) is 4.79 Å². The van der Waals surface area contributed by atoms with E-state index in [0.717, 1.165) is 31.7 Å². The zero-order valence-electron chi connectivity index (χ0n) is 15.7. The number of piperidine rings is 1. The molecule has 5 nitrogen and oxygen atoms in total. The fourth-order valence-electron chi connectivity index (χ4n) is 2.93. The second-order valence-corrected chi connectivity index (χ2v) is 7.28. The number of hydrogen-bond acceptors (Lipinski definition) is 4. The van der Waals surface area contributed by atoms with Crippen LogP contribution in [0.3, 0.4) is 0 Å². The molecule has 6 heteroatoms. The van der Waals surface area contributed by atoms with Gasteiger partial charge in [-0.25, -0.2) is 0 Å².